The minimum Gasteiger partial charge on any atom is -0.218 e. The van der Waals surface area contributed by atoms with Crippen molar-refractivity contribution in [3.63, 3.8) is 0 Å². The molecule has 2 nitrogen and oxygen atoms in total. The van der Waals surface area contributed by atoms with Crippen LogP contribution >= 0.6 is 11.3 Å². The maximum atomic E-state index is 5.31. The predicted molar refractivity (Wildman–Crippen MR) is 76.7 cm³/mol. The maximum Gasteiger partial charge on any atom is 0.210 e. The van der Waals surface area contributed by atoms with Gasteiger partial charge in [-0.05, 0) is 6.92 Å². The monoisotopic (exact) mass is 242 g/mol. The van der Waals surface area contributed by atoms with Gasteiger partial charge in [0, 0.05) is 25.4 Å². The average Bonchev–Trinajstić information content (AvgIpc) is 2.74. The molecule has 1 aromatic carbocycles. The van der Waals surface area contributed by atoms with Crippen LogP contribution in [0.4, 0.5) is 5.13 Å². The van der Waals surface area contributed by atoms with E-state index in [1.807, 2.05) is 37.3 Å². The van der Waals surface area contributed by atoms with Crippen LogP contribution in [-0.2, 0) is 0 Å². The zero-order valence-electron chi connectivity index (χ0n) is 9.34. The van der Waals surface area contributed by atoms with Crippen LogP contribution in [0.25, 0.3) is 11.3 Å². The Morgan fingerprint density at radius 1 is 1.24 bits per heavy atom. The summed E-state index contributed by atoms with van der Waals surface area (Å²) in [6, 6.07) is 14.8. The third-order valence-electron chi connectivity index (χ3n) is 2.28. The van der Waals surface area contributed by atoms with Crippen LogP contribution in [0.3, 0.4) is 0 Å². The largest absolute Gasteiger partial charge is 0.218 e. The molecule has 3 heteroatoms. The Hall–Kier alpha value is -2.23. The Morgan fingerprint density at radius 3 is 2.47 bits per heavy atom. The van der Waals surface area contributed by atoms with Crippen LogP contribution in [0.1, 0.15) is 7.73 Å². The number of aryl methyl sites for hydroxylation is 1. The lowest BCUT2D eigenvalue weighted by molar-refractivity contribution is 1.29. The van der Waals surface area contributed by atoms with Gasteiger partial charge in [0.1, 0.15) is 0 Å². The van der Waals surface area contributed by atoms with Crippen LogP contribution in [0, 0.1) is 31.9 Å². The summed E-state index contributed by atoms with van der Waals surface area (Å²) < 4.78 is 0. The van der Waals surface area contributed by atoms with Crippen molar-refractivity contribution in [3.05, 3.63) is 35.2 Å². The van der Waals surface area contributed by atoms with Gasteiger partial charge in [-0.2, -0.15) is 0 Å². The van der Waals surface area contributed by atoms with Gasteiger partial charge in [-0.25, -0.2) is 9.88 Å². The lowest BCUT2D eigenvalue weighted by Crippen LogP contribution is -2.06. The molecule has 2 aromatic rings. The minimum absolute atomic E-state index is 0. The first kappa shape index (κ1) is 11.3. The fourth-order valence-corrected chi connectivity index (χ4v) is 2.36. The van der Waals surface area contributed by atoms with Gasteiger partial charge in [0.2, 0.25) is 5.13 Å². The lowest BCUT2D eigenvalue weighted by Gasteiger charge is -2.02. The zero-order chi connectivity index (χ0) is 12.3. The molecular formula is C14H14N2S. The Kier molecular flexibility index (Phi) is 3.14. The molecule has 0 N–H and O–H groups in total. The van der Waals surface area contributed by atoms with Crippen LogP contribution in [-0.4, -0.2) is 4.98 Å². The predicted octanol–water partition coefficient (Wildman–Crippen LogP) is 3.60. The Bertz CT molecular complexity index is 595. The second-order valence-corrected chi connectivity index (χ2v) is 4.54. The molecule has 0 unspecified atom stereocenters. The molecule has 1 aromatic heterocycles. The standard InChI is InChI=1S/C14H10N2S.2H2/c1-4-16(5-2)14-15-13(11(3)17-14)12-9-7-6-8-10-12;;/h1-2,6-10H,3H3;2*1H. The molecule has 0 fully saturated rings. The Labute approximate surface area is 108 Å². The molecule has 1 heterocycles. The average molecular weight is 242 g/mol. The van der Waals surface area contributed by atoms with Crippen molar-refractivity contribution in [1.29, 1.82) is 0 Å². The lowest BCUT2D eigenvalue weighted by atomic mass is 10.1. The quantitative estimate of drug-likeness (QED) is 0.591. The van der Waals surface area contributed by atoms with Crippen LogP contribution in [0.5, 0.6) is 0 Å². The zero-order valence-corrected chi connectivity index (χ0v) is 10.2. The number of benzene rings is 1. The summed E-state index contributed by atoms with van der Waals surface area (Å²) in [5, 5.41) is 0.659. The van der Waals surface area contributed by atoms with E-state index in [0.29, 0.717) is 5.13 Å². The highest BCUT2D eigenvalue weighted by molar-refractivity contribution is 7.16. The van der Waals surface area contributed by atoms with Crippen molar-refractivity contribution in [2.45, 2.75) is 6.92 Å². The third-order valence-corrected chi connectivity index (χ3v) is 3.24. The first-order chi connectivity index (χ1) is 8.26. The first-order valence-electron chi connectivity index (χ1n) is 5.01. The van der Waals surface area contributed by atoms with E-state index in [2.05, 4.69) is 17.1 Å². The Morgan fingerprint density at radius 2 is 1.88 bits per heavy atom. The van der Waals surface area contributed by atoms with Crippen molar-refractivity contribution >= 4 is 16.5 Å². The van der Waals surface area contributed by atoms with Crippen molar-refractivity contribution < 1.29 is 2.85 Å². The van der Waals surface area contributed by atoms with Gasteiger partial charge in [0.25, 0.3) is 0 Å². The molecule has 0 saturated carbocycles. The second kappa shape index (κ2) is 4.74. The van der Waals surface area contributed by atoms with E-state index >= 15 is 0 Å². The fourth-order valence-electron chi connectivity index (χ4n) is 1.49. The molecule has 0 saturated heterocycles. The van der Waals surface area contributed by atoms with Crippen LogP contribution in [0.15, 0.2) is 30.3 Å². The summed E-state index contributed by atoms with van der Waals surface area (Å²) in [4.78, 5) is 6.93. The fraction of sp³-hybridized carbons (Fsp3) is 0.0714. The molecule has 86 valence electrons. The number of aromatic nitrogens is 1. The molecule has 0 radical (unpaired) electrons. The summed E-state index contributed by atoms with van der Waals surface area (Å²) in [7, 11) is 0. The van der Waals surface area contributed by atoms with Gasteiger partial charge in [-0.1, -0.05) is 54.5 Å². The highest BCUT2D eigenvalue weighted by Gasteiger charge is 2.12. The van der Waals surface area contributed by atoms with Crippen molar-refractivity contribution in [3.8, 4) is 36.2 Å². The first-order valence-corrected chi connectivity index (χ1v) is 5.83. The van der Waals surface area contributed by atoms with Crippen molar-refractivity contribution in [1.82, 2.24) is 4.98 Å². The van der Waals surface area contributed by atoms with E-state index < -0.39 is 0 Å². The molecule has 0 spiro atoms. The molecule has 0 aliphatic carbocycles. The van der Waals surface area contributed by atoms with E-state index in [-0.39, 0.29) is 2.85 Å². The second-order valence-electron chi connectivity index (χ2n) is 3.36. The Balaban J connectivity index is 0.00000162. The molecule has 0 amide bonds. The SMILES string of the molecule is C#CN(C#C)c1nc(-c2ccccc2)c(C)s1.[HH].[HH]. The van der Waals surface area contributed by atoms with Crippen LogP contribution < -0.4 is 4.90 Å². The third kappa shape index (κ3) is 2.15. The number of rotatable bonds is 2. The number of hydrogen-bond donors (Lipinski definition) is 0. The van der Waals surface area contributed by atoms with E-state index in [1.54, 1.807) is 0 Å². The highest BCUT2D eigenvalue weighted by atomic mass is 32.1. The molecule has 0 aliphatic heterocycles. The van der Waals surface area contributed by atoms with E-state index in [9.17, 15) is 0 Å². The number of thiazole rings is 1. The summed E-state index contributed by atoms with van der Waals surface area (Å²) in [5.74, 6) is 0. The summed E-state index contributed by atoms with van der Waals surface area (Å²) >= 11 is 1.50. The maximum absolute atomic E-state index is 5.31. The number of anilines is 1. The number of nitrogens with zero attached hydrogens (tertiary/aromatic N) is 2. The number of hydrogen-bond acceptors (Lipinski definition) is 3. The van der Waals surface area contributed by atoms with Crippen molar-refractivity contribution in [2.24, 2.45) is 0 Å². The van der Waals surface area contributed by atoms with E-state index in [0.717, 1.165) is 16.1 Å². The molecule has 0 bridgehead atoms. The molecular weight excluding hydrogens is 228 g/mol. The smallest absolute Gasteiger partial charge is 0.210 e. The van der Waals surface area contributed by atoms with Gasteiger partial charge >= 0.3 is 0 Å². The molecule has 0 aliphatic rings. The molecule has 17 heavy (non-hydrogen) atoms. The summed E-state index contributed by atoms with van der Waals surface area (Å²) in [5.41, 5.74) is 2.00. The van der Waals surface area contributed by atoms with Gasteiger partial charge in [0.05, 0.1) is 5.69 Å². The van der Waals surface area contributed by atoms with E-state index in [1.165, 1.54) is 16.2 Å². The topological polar surface area (TPSA) is 16.1 Å². The van der Waals surface area contributed by atoms with Crippen LogP contribution in [0.2, 0.25) is 0 Å². The van der Waals surface area contributed by atoms with Gasteiger partial charge < -0.3 is 0 Å². The van der Waals surface area contributed by atoms with Gasteiger partial charge in [-0.3, -0.25) is 0 Å². The molecule has 2 rings (SSSR count). The summed E-state index contributed by atoms with van der Waals surface area (Å²) in [6.45, 7) is 2.01. The molecule has 0 atom stereocenters. The van der Waals surface area contributed by atoms with Crippen molar-refractivity contribution in [2.75, 3.05) is 4.90 Å². The highest BCUT2D eigenvalue weighted by Crippen LogP contribution is 2.31. The van der Waals surface area contributed by atoms with E-state index in [4.69, 9.17) is 12.8 Å². The van der Waals surface area contributed by atoms with Gasteiger partial charge in [0.15, 0.2) is 0 Å². The normalized spacial score (nSPS) is 9.35. The van der Waals surface area contributed by atoms with Gasteiger partial charge in [-0.15, -0.1) is 0 Å². The summed E-state index contributed by atoms with van der Waals surface area (Å²) in [6.07, 6.45) is 10.6. The minimum atomic E-state index is 0. The number of terminal acetylenes is 2.